The topological polar surface area (TPSA) is 52.6 Å². The fourth-order valence-corrected chi connectivity index (χ4v) is 3.45. The van der Waals surface area contributed by atoms with Crippen LogP contribution in [0.3, 0.4) is 0 Å². The maximum Gasteiger partial charge on any atom is 0.306 e. The summed E-state index contributed by atoms with van der Waals surface area (Å²) in [4.78, 5) is 23.2. The minimum Gasteiger partial charge on any atom is -0.460 e. The fraction of sp³-hybridized carbons (Fsp3) is 0.923. The number of hydrogen-bond acceptors (Lipinski definition) is 4. The van der Waals surface area contributed by atoms with Gasteiger partial charge in [0.05, 0.1) is 0 Å². The number of unbranched alkanes of at least 4 members (excludes halogenated alkanes) is 13. The van der Waals surface area contributed by atoms with Crippen LogP contribution in [0.4, 0.5) is 0 Å². The van der Waals surface area contributed by atoms with Gasteiger partial charge in [-0.1, -0.05) is 77.0 Å². The summed E-state index contributed by atoms with van der Waals surface area (Å²) in [6.07, 6.45) is 18.3. The maximum atomic E-state index is 11.6. The summed E-state index contributed by atoms with van der Waals surface area (Å²) < 4.78 is 10.6. The van der Waals surface area contributed by atoms with Gasteiger partial charge >= 0.3 is 11.9 Å². The number of ether oxygens (including phenoxy) is 2. The molecule has 0 aliphatic rings. The summed E-state index contributed by atoms with van der Waals surface area (Å²) in [5, 5.41) is 0. The molecule has 0 aliphatic heterocycles. The summed E-state index contributed by atoms with van der Waals surface area (Å²) >= 11 is 0. The zero-order chi connectivity index (χ0) is 22.9. The van der Waals surface area contributed by atoms with Crippen LogP contribution in [0.25, 0.3) is 0 Å². The molecule has 4 nitrogen and oxygen atoms in total. The van der Waals surface area contributed by atoms with Crippen molar-refractivity contribution in [3.05, 3.63) is 0 Å². The predicted molar refractivity (Wildman–Crippen MR) is 126 cm³/mol. The van der Waals surface area contributed by atoms with Crippen molar-refractivity contribution in [3.8, 4) is 0 Å². The SMILES string of the molecule is CC(C)(C)OC(=O)CCCCCCCCCCCCCCCCC(=O)OC(C)(C)C. The molecule has 0 spiro atoms. The van der Waals surface area contributed by atoms with Gasteiger partial charge in [-0.05, 0) is 54.4 Å². The molecule has 0 rings (SSSR count). The monoisotopic (exact) mass is 426 g/mol. The van der Waals surface area contributed by atoms with Crippen molar-refractivity contribution in [2.24, 2.45) is 0 Å². The third-order valence-corrected chi connectivity index (χ3v) is 4.85. The van der Waals surface area contributed by atoms with Crippen LogP contribution < -0.4 is 0 Å². The number of rotatable bonds is 17. The second kappa shape index (κ2) is 16.6. The van der Waals surface area contributed by atoms with Crippen molar-refractivity contribution in [3.63, 3.8) is 0 Å². The van der Waals surface area contributed by atoms with Crippen molar-refractivity contribution < 1.29 is 19.1 Å². The van der Waals surface area contributed by atoms with Crippen LogP contribution in [0, 0.1) is 0 Å². The van der Waals surface area contributed by atoms with E-state index in [0.717, 1.165) is 25.7 Å². The Bertz CT molecular complexity index is 401. The Morgan fingerprint density at radius 3 is 0.833 bits per heavy atom. The highest BCUT2D eigenvalue weighted by atomic mass is 16.6. The van der Waals surface area contributed by atoms with Crippen LogP contribution in [0.2, 0.25) is 0 Å². The number of esters is 2. The number of carbonyl (C=O) groups is 2. The molecule has 0 heterocycles. The van der Waals surface area contributed by atoms with Crippen molar-refractivity contribution in [2.75, 3.05) is 0 Å². The third kappa shape index (κ3) is 23.2. The normalized spacial score (nSPS) is 12.1. The molecule has 0 N–H and O–H groups in total. The van der Waals surface area contributed by atoms with E-state index in [1.54, 1.807) is 0 Å². The molecular formula is C26H50O4. The van der Waals surface area contributed by atoms with Gasteiger partial charge in [0, 0.05) is 12.8 Å². The molecule has 0 aliphatic carbocycles. The van der Waals surface area contributed by atoms with E-state index in [1.165, 1.54) is 64.2 Å². The first-order valence-electron chi connectivity index (χ1n) is 12.4. The lowest BCUT2D eigenvalue weighted by atomic mass is 10.0. The molecular weight excluding hydrogens is 376 g/mol. The fourth-order valence-electron chi connectivity index (χ4n) is 3.45. The Morgan fingerprint density at radius 1 is 0.433 bits per heavy atom. The van der Waals surface area contributed by atoms with Crippen molar-refractivity contribution in [1.29, 1.82) is 0 Å². The molecule has 30 heavy (non-hydrogen) atoms. The van der Waals surface area contributed by atoms with Crippen LogP contribution in [0.5, 0.6) is 0 Å². The average Bonchev–Trinajstić information content (AvgIpc) is 2.58. The first-order valence-corrected chi connectivity index (χ1v) is 12.4. The highest BCUT2D eigenvalue weighted by Crippen LogP contribution is 2.15. The molecule has 0 amide bonds. The van der Waals surface area contributed by atoms with Crippen molar-refractivity contribution >= 4 is 11.9 Å². The van der Waals surface area contributed by atoms with Crippen molar-refractivity contribution in [1.82, 2.24) is 0 Å². The van der Waals surface area contributed by atoms with Gasteiger partial charge < -0.3 is 9.47 Å². The largest absolute Gasteiger partial charge is 0.460 e. The molecule has 0 unspecified atom stereocenters. The van der Waals surface area contributed by atoms with Gasteiger partial charge in [-0.3, -0.25) is 9.59 Å². The average molecular weight is 427 g/mol. The maximum absolute atomic E-state index is 11.6. The lowest BCUT2D eigenvalue weighted by molar-refractivity contribution is -0.156. The van der Waals surface area contributed by atoms with E-state index in [9.17, 15) is 9.59 Å². The first kappa shape index (κ1) is 28.9. The zero-order valence-electron chi connectivity index (χ0n) is 20.9. The van der Waals surface area contributed by atoms with Gasteiger partial charge in [-0.15, -0.1) is 0 Å². The molecule has 0 bridgehead atoms. The van der Waals surface area contributed by atoms with Gasteiger partial charge in [0.1, 0.15) is 11.2 Å². The minimum atomic E-state index is -0.362. The van der Waals surface area contributed by atoms with Crippen molar-refractivity contribution in [2.45, 2.75) is 155 Å². The highest BCUT2D eigenvalue weighted by molar-refractivity contribution is 5.70. The van der Waals surface area contributed by atoms with E-state index in [2.05, 4.69) is 0 Å². The highest BCUT2D eigenvalue weighted by Gasteiger charge is 2.16. The molecule has 0 aromatic rings. The number of carbonyl (C=O) groups excluding carboxylic acids is 2. The lowest BCUT2D eigenvalue weighted by Crippen LogP contribution is -2.23. The van der Waals surface area contributed by atoms with Gasteiger partial charge in [0.25, 0.3) is 0 Å². The summed E-state index contributed by atoms with van der Waals surface area (Å²) in [5.74, 6) is -0.129. The van der Waals surface area contributed by atoms with E-state index in [0.29, 0.717) is 12.8 Å². The van der Waals surface area contributed by atoms with Crippen LogP contribution in [-0.4, -0.2) is 23.1 Å². The van der Waals surface area contributed by atoms with Gasteiger partial charge in [-0.25, -0.2) is 0 Å². The van der Waals surface area contributed by atoms with Gasteiger partial charge in [0.15, 0.2) is 0 Å². The zero-order valence-corrected chi connectivity index (χ0v) is 20.9. The molecule has 0 aromatic heterocycles. The Balaban J connectivity index is 3.25. The molecule has 0 atom stereocenters. The van der Waals surface area contributed by atoms with E-state index in [1.807, 2.05) is 41.5 Å². The standard InChI is InChI=1S/C26H50O4/c1-25(2,3)29-23(27)21-19-17-15-13-11-9-7-8-10-12-14-16-18-20-22-24(28)30-26(4,5)6/h7-22H2,1-6H3. The van der Waals surface area contributed by atoms with E-state index in [-0.39, 0.29) is 23.1 Å². The molecule has 0 saturated carbocycles. The van der Waals surface area contributed by atoms with Gasteiger partial charge in [-0.2, -0.15) is 0 Å². The smallest absolute Gasteiger partial charge is 0.306 e. The molecule has 4 heteroatoms. The van der Waals surface area contributed by atoms with E-state index in [4.69, 9.17) is 9.47 Å². The Kier molecular flexibility index (Phi) is 16.0. The molecule has 178 valence electrons. The van der Waals surface area contributed by atoms with E-state index < -0.39 is 0 Å². The summed E-state index contributed by atoms with van der Waals surface area (Å²) in [7, 11) is 0. The lowest BCUT2D eigenvalue weighted by Gasteiger charge is -2.19. The molecule has 0 aromatic carbocycles. The second-order valence-corrected chi connectivity index (χ2v) is 10.6. The Hall–Kier alpha value is -1.06. The summed E-state index contributed by atoms with van der Waals surface area (Å²) in [6.45, 7) is 11.5. The Morgan fingerprint density at radius 2 is 0.633 bits per heavy atom. The van der Waals surface area contributed by atoms with Crippen LogP contribution in [-0.2, 0) is 19.1 Å². The minimum absolute atomic E-state index is 0.0643. The molecule has 0 saturated heterocycles. The second-order valence-electron chi connectivity index (χ2n) is 10.6. The van der Waals surface area contributed by atoms with Crippen LogP contribution >= 0.6 is 0 Å². The van der Waals surface area contributed by atoms with Crippen LogP contribution in [0.1, 0.15) is 144 Å². The number of hydrogen-bond donors (Lipinski definition) is 0. The predicted octanol–water partition coefficient (Wildman–Crippen LogP) is 7.91. The molecule has 0 fully saturated rings. The third-order valence-electron chi connectivity index (χ3n) is 4.85. The van der Waals surface area contributed by atoms with Crippen LogP contribution in [0.15, 0.2) is 0 Å². The Labute approximate surface area is 186 Å². The van der Waals surface area contributed by atoms with Gasteiger partial charge in [0.2, 0.25) is 0 Å². The van der Waals surface area contributed by atoms with E-state index >= 15 is 0 Å². The first-order chi connectivity index (χ1) is 14.0. The molecule has 0 radical (unpaired) electrons. The quantitative estimate of drug-likeness (QED) is 0.175. The summed E-state index contributed by atoms with van der Waals surface area (Å²) in [6, 6.07) is 0. The summed E-state index contributed by atoms with van der Waals surface area (Å²) in [5.41, 5.74) is -0.724.